The van der Waals surface area contributed by atoms with Gasteiger partial charge in [-0.2, -0.15) is 26.3 Å². The molecule has 0 aliphatic carbocycles. The molecule has 0 saturated carbocycles. The fourth-order valence-corrected chi connectivity index (χ4v) is 3.67. The topological polar surface area (TPSA) is 67.9 Å². The maximum atomic E-state index is 13.3. The molecular weight excluding hydrogens is 424 g/mol. The Balaban J connectivity index is 2.12. The minimum atomic E-state index is -4.73. The molecule has 2 aromatic heterocycles. The van der Waals surface area contributed by atoms with Crippen LogP contribution in [0.2, 0.25) is 0 Å². The Labute approximate surface area is 162 Å². The molecule has 12 heteroatoms. The van der Waals surface area contributed by atoms with Crippen molar-refractivity contribution in [1.29, 1.82) is 0 Å². The third-order valence-corrected chi connectivity index (χ3v) is 4.96. The van der Waals surface area contributed by atoms with Crippen LogP contribution in [-0.2, 0) is 17.0 Å². The third-order valence-electron chi connectivity index (χ3n) is 3.97. The molecule has 0 amide bonds. The number of rotatable bonds is 4. The average molecular weight is 437 g/mol. The van der Waals surface area contributed by atoms with Crippen LogP contribution >= 0.6 is 0 Å². The van der Waals surface area contributed by atoms with Crippen LogP contribution in [0, 0.1) is 6.92 Å². The van der Waals surface area contributed by atoms with Crippen LogP contribution in [0.3, 0.4) is 0 Å². The van der Waals surface area contributed by atoms with Crippen LogP contribution in [0.4, 0.5) is 26.3 Å². The number of aromatic nitrogens is 3. The number of pyridine rings is 1. The Kier molecular flexibility index (Phi) is 5.32. The monoisotopic (exact) mass is 437 g/mol. The maximum absolute atomic E-state index is 13.3. The molecule has 0 aliphatic heterocycles. The number of halogens is 6. The number of benzene rings is 1. The molecule has 1 aromatic carbocycles. The number of H-pyrrole nitrogens is 1. The van der Waals surface area contributed by atoms with E-state index in [1.54, 1.807) is 0 Å². The van der Waals surface area contributed by atoms with Crippen molar-refractivity contribution in [1.82, 2.24) is 15.0 Å². The van der Waals surface area contributed by atoms with Gasteiger partial charge in [0.15, 0.2) is 12.4 Å². The van der Waals surface area contributed by atoms with E-state index in [0.29, 0.717) is 0 Å². The van der Waals surface area contributed by atoms with E-state index in [1.165, 1.54) is 19.2 Å². The first-order valence-corrected chi connectivity index (χ1v) is 9.53. The number of fused-ring (bicyclic) bond motifs is 1. The Morgan fingerprint density at radius 1 is 1.14 bits per heavy atom. The molecule has 29 heavy (non-hydrogen) atoms. The Morgan fingerprint density at radius 2 is 1.83 bits per heavy atom. The van der Waals surface area contributed by atoms with Gasteiger partial charge in [0.25, 0.3) is 0 Å². The van der Waals surface area contributed by atoms with Gasteiger partial charge >= 0.3 is 12.4 Å². The number of hydrogen-bond donors (Lipinski definition) is 1. The van der Waals surface area contributed by atoms with Crippen molar-refractivity contribution < 1.29 is 35.3 Å². The largest absolute Gasteiger partial charge is 0.484 e. The zero-order valence-electron chi connectivity index (χ0n) is 14.9. The normalized spacial score (nSPS) is 13.7. The van der Waals surface area contributed by atoms with Crippen molar-refractivity contribution >= 4 is 21.8 Å². The van der Waals surface area contributed by atoms with Gasteiger partial charge in [0, 0.05) is 18.0 Å². The molecule has 1 atom stereocenters. The van der Waals surface area contributed by atoms with Gasteiger partial charge in [0.05, 0.1) is 26.8 Å². The first-order valence-electron chi connectivity index (χ1n) is 7.97. The van der Waals surface area contributed by atoms with Gasteiger partial charge in [0.2, 0.25) is 0 Å². The molecule has 156 valence electrons. The fourth-order valence-electron chi connectivity index (χ4n) is 2.75. The molecule has 3 rings (SSSR count). The summed E-state index contributed by atoms with van der Waals surface area (Å²) in [5.41, 5.74) is -0.733. The smallest absolute Gasteiger partial charge is 0.422 e. The van der Waals surface area contributed by atoms with Crippen LogP contribution < -0.4 is 4.74 Å². The number of aromatic amines is 1. The van der Waals surface area contributed by atoms with Gasteiger partial charge < -0.3 is 9.72 Å². The summed E-state index contributed by atoms with van der Waals surface area (Å²) >= 11 is 0. The van der Waals surface area contributed by atoms with Gasteiger partial charge in [0.1, 0.15) is 17.0 Å². The standard InChI is InChI=1S/C17H13F6N3O2S/c1-8-11(28-7-16(18,19)20)5-6-24-12(8)15-25-10-4-3-9(17(21,22)23)14(29(2)27)13(10)26-15/h3-6H,7H2,1-2H3,(H,25,26). The van der Waals surface area contributed by atoms with E-state index in [4.69, 9.17) is 4.74 Å². The lowest BCUT2D eigenvalue weighted by atomic mass is 10.2. The zero-order chi connectivity index (χ0) is 21.6. The summed E-state index contributed by atoms with van der Waals surface area (Å²) < 4.78 is 93.8. The second-order valence-electron chi connectivity index (χ2n) is 6.06. The van der Waals surface area contributed by atoms with Crippen LogP contribution in [-0.4, -0.2) is 38.2 Å². The number of alkyl halides is 6. The van der Waals surface area contributed by atoms with Crippen LogP contribution in [0.25, 0.3) is 22.6 Å². The minimum absolute atomic E-state index is 0.0148. The van der Waals surface area contributed by atoms with E-state index in [1.807, 2.05) is 0 Å². The molecule has 0 bridgehead atoms. The quantitative estimate of drug-likeness (QED) is 0.605. The van der Waals surface area contributed by atoms with Crippen molar-refractivity contribution in [2.75, 3.05) is 12.9 Å². The lowest BCUT2D eigenvalue weighted by molar-refractivity contribution is -0.153. The molecule has 0 radical (unpaired) electrons. The maximum Gasteiger partial charge on any atom is 0.422 e. The van der Waals surface area contributed by atoms with Gasteiger partial charge in [-0.15, -0.1) is 0 Å². The zero-order valence-corrected chi connectivity index (χ0v) is 15.7. The molecule has 0 saturated heterocycles. The average Bonchev–Trinajstić information content (AvgIpc) is 3.02. The molecular formula is C17H13F6N3O2S. The van der Waals surface area contributed by atoms with Gasteiger partial charge in [-0.25, -0.2) is 4.98 Å². The highest BCUT2D eigenvalue weighted by Gasteiger charge is 2.36. The highest BCUT2D eigenvalue weighted by Crippen LogP contribution is 2.37. The van der Waals surface area contributed by atoms with Gasteiger partial charge in [-0.1, -0.05) is 0 Å². The van der Waals surface area contributed by atoms with Crippen LogP contribution in [0.1, 0.15) is 11.1 Å². The number of imidazole rings is 1. The molecule has 2 heterocycles. The SMILES string of the molecule is Cc1c(OCC(F)(F)F)ccnc1-c1nc2c(S(C)=O)c(C(F)(F)F)ccc2[nH]1. The summed E-state index contributed by atoms with van der Waals surface area (Å²) in [7, 11) is -2.00. The molecule has 3 aromatic rings. The first-order chi connectivity index (χ1) is 13.4. The summed E-state index contributed by atoms with van der Waals surface area (Å²) in [5.74, 6) is -0.0796. The van der Waals surface area contributed by atoms with E-state index >= 15 is 0 Å². The number of ether oxygens (including phenoxy) is 1. The highest BCUT2D eigenvalue weighted by molar-refractivity contribution is 7.84. The second kappa shape index (κ2) is 7.32. The van der Waals surface area contributed by atoms with Crippen LogP contribution in [0.5, 0.6) is 5.75 Å². The Bertz CT molecular complexity index is 1090. The summed E-state index contributed by atoms with van der Waals surface area (Å²) in [6.45, 7) is -0.0629. The summed E-state index contributed by atoms with van der Waals surface area (Å²) in [5, 5.41) is 0. The summed E-state index contributed by atoms with van der Waals surface area (Å²) in [6.07, 6.45) is -6.97. The predicted octanol–water partition coefficient (Wildman–Crippen LogP) is 4.63. The van der Waals surface area contributed by atoms with Crippen molar-refractivity contribution in [3.05, 3.63) is 35.5 Å². The van der Waals surface area contributed by atoms with E-state index in [2.05, 4.69) is 15.0 Å². The molecule has 1 unspecified atom stereocenters. The fraction of sp³-hybridized carbons (Fsp3) is 0.294. The van der Waals surface area contributed by atoms with Crippen molar-refractivity contribution in [3.8, 4) is 17.3 Å². The van der Waals surface area contributed by atoms with Gasteiger partial charge in [-0.05, 0) is 25.1 Å². The van der Waals surface area contributed by atoms with E-state index in [0.717, 1.165) is 18.4 Å². The van der Waals surface area contributed by atoms with Crippen LogP contribution in [0.15, 0.2) is 29.3 Å². The number of hydrogen-bond acceptors (Lipinski definition) is 4. The molecule has 0 aliphatic rings. The Hall–Kier alpha value is -2.63. The summed E-state index contributed by atoms with van der Waals surface area (Å²) in [4.78, 5) is 10.4. The highest BCUT2D eigenvalue weighted by atomic mass is 32.2. The number of nitrogens with zero attached hydrogens (tertiary/aromatic N) is 2. The third kappa shape index (κ3) is 4.36. The van der Waals surface area contributed by atoms with E-state index in [-0.39, 0.29) is 33.9 Å². The molecule has 5 nitrogen and oxygen atoms in total. The first kappa shape index (κ1) is 21.1. The van der Waals surface area contributed by atoms with Crippen molar-refractivity contribution in [2.45, 2.75) is 24.2 Å². The lowest BCUT2D eigenvalue weighted by Gasteiger charge is -2.12. The minimum Gasteiger partial charge on any atom is -0.484 e. The van der Waals surface area contributed by atoms with E-state index < -0.39 is 40.2 Å². The van der Waals surface area contributed by atoms with Crippen molar-refractivity contribution in [3.63, 3.8) is 0 Å². The van der Waals surface area contributed by atoms with E-state index in [9.17, 15) is 30.6 Å². The van der Waals surface area contributed by atoms with Gasteiger partial charge in [-0.3, -0.25) is 9.19 Å². The Morgan fingerprint density at radius 3 is 2.41 bits per heavy atom. The summed E-state index contributed by atoms with van der Waals surface area (Å²) in [6, 6.07) is 3.18. The molecule has 1 N–H and O–H groups in total. The lowest BCUT2D eigenvalue weighted by Crippen LogP contribution is -2.19. The second-order valence-corrected chi connectivity index (χ2v) is 7.38. The van der Waals surface area contributed by atoms with Crippen molar-refractivity contribution in [2.24, 2.45) is 0 Å². The molecule has 0 fully saturated rings. The molecule has 0 spiro atoms. The predicted molar refractivity (Wildman–Crippen MR) is 92.9 cm³/mol. The number of nitrogens with one attached hydrogen (secondary N) is 1.